The number of rotatable bonds is 3. The summed E-state index contributed by atoms with van der Waals surface area (Å²) in [7, 11) is 3.12. The minimum absolute atomic E-state index is 0.153. The third-order valence-corrected chi connectivity index (χ3v) is 3.29. The van der Waals surface area contributed by atoms with E-state index in [2.05, 4.69) is 5.32 Å². The number of phenols is 1. The monoisotopic (exact) mass is 237 g/mol. The number of benzene rings is 1. The highest BCUT2D eigenvalue weighted by Gasteiger charge is 2.19. The van der Waals surface area contributed by atoms with Gasteiger partial charge < -0.3 is 19.9 Å². The largest absolute Gasteiger partial charge is 0.504 e. The van der Waals surface area contributed by atoms with Gasteiger partial charge >= 0.3 is 0 Å². The molecule has 94 valence electrons. The van der Waals surface area contributed by atoms with Gasteiger partial charge in [0.25, 0.3) is 0 Å². The zero-order chi connectivity index (χ0) is 12.3. The molecule has 0 saturated carbocycles. The van der Waals surface area contributed by atoms with E-state index < -0.39 is 0 Å². The number of methoxy groups -OCH3 is 2. The second kappa shape index (κ2) is 5.27. The predicted molar refractivity (Wildman–Crippen MR) is 66.1 cm³/mol. The molecule has 4 heteroatoms. The molecule has 1 aliphatic rings. The second-order valence-corrected chi connectivity index (χ2v) is 4.30. The molecule has 0 atom stereocenters. The fourth-order valence-electron chi connectivity index (χ4n) is 2.36. The lowest BCUT2D eigenvalue weighted by Gasteiger charge is -2.24. The summed E-state index contributed by atoms with van der Waals surface area (Å²) in [6, 6.07) is 3.76. The van der Waals surface area contributed by atoms with Crippen LogP contribution < -0.4 is 14.8 Å². The van der Waals surface area contributed by atoms with Crippen molar-refractivity contribution in [2.24, 2.45) is 0 Å². The summed E-state index contributed by atoms with van der Waals surface area (Å²) in [5.74, 6) is 1.65. The molecular formula is C13H19NO3. The Kier molecular flexibility index (Phi) is 3.74. The topological polar surface area (TPSA) is 50.7 Å². The van der Waals surface area contributed by atoms with Crippen molar-refractivity contribution in [1.82, 2.24) is 5.32 Å². The molecule has 2 N–H and O–H groups in total. The number of hydrogen-bond donors (Lipinski definition) is 2. The Balaban J connectivity index is 2.31. The van der Waals surface area contributed by atoms with Crippen molar-refractivity contribution >= 4 is 0 Å². The molecule has 0 bridgehead atoms. The Bertz CT molecular complexity index is 386. The normalized spacial score (nSPS) is 16.8. The molecule has 1 aliphatic heterocycles. The summed E-state index contributed by atoms with van der Waals surface area (Å²) < 4.78 is 10.4. The van der Waals surface area contributed by atoms with E-state index in [9.17, 15) is 5.11 Å². The van der Waals surface area contributed by atoms with Gasteiger partial charge in [0.1, 0.15) is 0 Å². The molecule has 1 aromatic carbocycles. The molecule has 0 aliphatic carbocycles. The van der Waals surface area contributed by atoms with Crippen LogP contribution in [0.2, 0.25) is 0 Å². The van der Waals surface area contributed by atoms with Crippen LogP contribution in [-0.2, 0) is 0 Å². The average Bonchev–Trinajstić information content (AvgIpc) is 2.38. The van der Waals surface area contributed by atoms with Crippen LogP contribution in [0, 0.1) is 0 Å². The lowest BCUT2D eigenvalue weighted by Crippen LogP contribution is -2.26. The number of nitrogens with one attached hydrogen (secondary N) is 1. The molecule has 1 heterocycles. The molecule has 0 aromatic heterocycles. The fraction of sp³-hybridized carbons (Fsp3) is 0.538. The first kappa shape index (κ1) is 12.0. The van der Waals surface area contributed by atoms with Gasteiger partial charge in [0.05, 0.1) is 14.2 Å². The van der Waals surface area contributed by atoms with E-state index in [0.29, 0.717) is 17.4 Å². The maximum absolute atomic E-state index is 9.91. The molecule has 0 unspecified atom stereocenters. The van der Waals surface area contributed by atoms with Crippen LogP contribution in [-0.4, -0.2) is 32.4 Å². The van der Waals surface area contributed by atoms with Gasteiger partial charge in [-0.3, -0.25) is 0 Å². The van der Waals surface area contributed by atoms with Gasteiger partial charge in [0.15, 0.2) is 11.5 Å². The number of piperidine rings is 1. The van der Waals surface area contributed by atoms with Crippen LogP contribution in [0.1, 0.15) is 24.3 Å². The summed E-state index contributed by atoms with van der Waals surface area (Å²) in [6.45, 7) is 2.06. The summed E-state index contributed by atoms with van der Waals surface area (Å²) in [4.78, 5) is 0. The maximum atomic E-state index is 9.91. The minimum atomic E-state index is 0.153. The molecular weight excluding hydrogens is 218 g/mol. The molecule has 1 fully saturated rings. The quantitative estimate of drug-likeness (QED) is 0.842. The van der Waals surface area contributed by atoms with Gasteiger partial charge in [0.2, 0.25) is 5.75 Å². The molecule has 1 aromatic rings. The van der Waals surface area contributed by atoms with Gasteiger partial charge in [-0.15, -0.1) is 0 Å². The van der Waals surface area contributed by atoms with E-state index in [1.54, 1.807) is 13.2 Å². The van der Waals surface area contributed by atoms with E-state index in [-0.39, 0.29) is 5.75 Å². The second-order valence-electron chi connectivity index (χ2n) is 4.30. The lowest BCUT2D eigenvalue weighted by molar-refractivity contribution is 0.331. The Labute approximate surface area is 102 Å². The van der Waals surface area contributed by atoms with Crippen LogP contribution in [0.25, 0.3) is 0 Å². The lowest BCUT2D eigenvalue weighted by atomic mass is 9.90. The third kappa shape index (κ3) is 2.47. The van der Waals surface area contributed by atoms with Crippen LogP contribution in [0.15, 0.2) is 12.1 Å². The van der Waals surface area contributed by atoms with Gasteiger partial charge in [-0.05, 0) is 49.5 Å². The Hall–Kier alpha value is -1.42. The summed E-state index contributed by atoms with van der Waals surface area (Å²) in [5, 5.41) is 13.2. The van der Waals surface area contributed by atoms with Gasteiger partial charge in [-0.1, -0.05) is 0 Å². The van der Waals surface area contributed by atoms with E-state index in [4.69, 9.17) is 9.47 Å². The number of aromatic hydroxyl groups is 1. The zero-order valence-electron chi connectivity index (χ0n) is 10.3. The van der Waals surface area contributed by atoms with E-state index in [1.807, 2.05) is 6.07 Å². The molecule has 2 rings (SSSR count). The highest BCUT2D eigenvalue weighted by atomic mass is 16.5. The number of phenolic OH excluding ortho intramolecular Hbond substituents is 1. The first-order valence-electron chi connectivity index (χ1n) is 5.92. The minimum Gasteiger partial charge on any atom is -0.504 e. The van der Waals surface area contributed by atoms with Crippen LogP contribution >= 0.6 is 0 Å². The fourth-order valence-corrected chi connectivity index (χ4v) is 2.36. The van der Waals surface area contributed by atoms with Crippen molar-refractivity contribution < 1.29 is 14.6 Å². The summed E-state index contributed by atoms with van der Waals surface area (Å²) >= 11 is 0. The summed E-state index contributed by atoms with van der Waals surface area (Å²) in [5.41, 5.74) is 1.13. The standard InChI is InChI=1S/C13H19NO3/c1-16-12-8-10(7-11(15)13(12)17-2)9-3-5-14-6-4-9/h7-9,14-15H,3-6H2,1-2H3. The molecule has 0 radical (unpaired) electrons. The SMILES string of the molecule is COc1cc(C2CCNCC2)cc(O)c1OC. The molecule has 1 saturated heterocycles. The third-order valence-electron chi connectivity index (χ3n) is 3.29. The van der Waals surface area contributed by atoms with Gasteiger partial charge in [0, 0.05) is 0 Å². The number of hydrogen-bond acceptors (Lipinski definition) is 4. The Morgan fingerprint density at radius 3 is 2.47 bits per heavy atom. The van der Waals surface area contributed by atoms with Crippen molar-refractivity contribution in [3.8, 4) is 17.2 Å². The molecule has 0 spiro atoms. The first-order chi connectivity index (χ1) is 8.26. The van der Waals surface area contributed by atoms with E-state index in [1.165, 1.54) is 7.11 Å². The number of ether oxygens (including phenoxy) is 2. The van der Waals surface area contributed by atoms with Crippen molar-refractivity contribution in [3.63, 3.8) is 0 Å². The van der Waals surface area contributed by atoms with E-state index in [0.717, 1.165) is 31.5 Å². The van der Waals surface area contributed by atoms with Crippen molar-refractivity contribution in [1.29, 1.82) is 0 Å². The summed E-state index contributed by atoms with van der Waals surface area (Å²) in [6.07, 6.45) is 2.18. The highest BCUT2D eigenvalue weighted by Crippen LogP contribution is 2.40. The first-order valence-corrected chi connectivity index (χ1v) is 5.92. The van der Waals surface area contributed by atoms with Crippen molar-refractivity contribution in [2.45, 2.75) is 18.8 Å². The molecule has 0 amide bonds. The molecule has 4 nitrogen and oxygen atoms in total. The smallest absolute Gasteiger partial charge is 0.203 e. The Morgan fingerprint density at radius 2 is 1.88 bits per heavy atom. The Morgan fingerprint density at radius 1 is 1.18 bits per heavy atom. The van der Waals surface area contributed by atoms with Crippen LogP contribution in [0.4, 0.5) is 0 Å². The maximum Gasteiger partial charge on any atom is 0.203 e. The van der Waals surface area contributed by atoms with Gasteiger partial charge in [-0.25, -0.2) is 0 Å². The van der Waals surface area contributed by atoms with E-state index >= 15 is 0 Å². The highest BCUT2D eigenvalue weighted by molar-refractivity contribution is 5.53. The van der Waals surface area contributed by atoms with Crippen LogP contribution in [0.3, 0.4) is 0 Å². The molecule has 17 heavy (non-hydrogen) atoms. The predicted octanol–water partition coefficient (Wildman–Crippen LogP) is 1.88. The van der Waals surface area contributed by atoms with Crippen molar-refractivity contribution in [2.75, 3.05) is 27.3 Å². The van der Waals surface area contributed by atoms with Crippen molar-refractivity contribution in [3.05, 3.63) is 17.7 Å². The van der Waals surface area contributed by atoms with Crippen LogP contribution in [0.5, 0.6) is 17.2 Å². The van der Waals surface area contributed by atoms with Gasteiger partial charge in [-0.2, -0.15) is 0 Å². The average molecular weight is 237 g/mol. The zero-order valence-corrected chi connectivity index (χ0v) is 10.3.